The van der Waals surface area contributed by atoms with Crippen molar-refractivity contribution in [2.45, 2.75) is 36.6 Å². The molecule has 1 aromatic rings. The molecule has 5 rings (SSSR count). The molecule has 9 heteroatoms. The third-order valence-electron chi connectivity index (χ3n) is 6.53. The first-order valence-corrected chi connectivity index (χ1v) is 12.4. The van der Waals surface area contributed by atoms with Crippen LogP contribution in [0.2, 0.25) is 0 Å². The predicted molar refractivity (Wildman–Crippen MR) is 110 cm³/mol. The van der Waals surface area contributed by atoms with Crippen molar-refractivity contribution < 1.29 is 22.7 Å². The molecule has 1 saturated carbocycles. The van der Waals surface area contributed by atoms with E-state index in [1.165, 1.54) is 12.8 Å². The van der Waals surface area contributed by atoms with Crippen molar-refractivity contribution in [3.05, 3.63) is 18.2 Å². The summed E-state index contributed by atoms with van der Waals surface area (Å²) in [5.74, 6) is 1.98. The topological polar surface area (TPSA) is 79.4 Å². The Morgan fingerprint density at radius 3 is 2.53 bits per heavy atom. The van der Waals surface area contributed by atoms with Crippen molar-refractivity contribution >= 4 is 15.9 Å². The SMILES string of the molecule is O=C1[C@H](N2CCCN(S(=O)(=O)c3ccc4c(c3)OCCO4)CC2)CCN1CC1CC1. The van der Waals surface area contributed by atoms with Crippen LogP contribution in [0, 0.1) is 5.92 Å². The van der Waals surface area contributed by atoms with Gasteiger partial charge in [-0.3, -0.25) is 9.69 Å². The van der Waals surface area contributed by atoms with E-state index in [-0.39, 0.29) is 16.8 Å². The molecule has 3 heterocycles. The van der Waals surface area contributed by atoms with Crippen molar-refractivity contribution in [2.24, 2.45) is 5.92 Å². The zero-order chi connectivity index (χ0) is 20.7. The van der Waals surface area contributed by atoms with Crippen LogP contribution in [-0.2, 0) is 14.8 Å². The van der Waals surface area contributed by atoms with E-state index in [1.807, 2.05) is 4.90 Å². The van der Waals surface area contributed by atoms with E-state index in [1.54, 1.807) is 22.5 Å². The van der Waals surface area contributed by atoms with E-state index in [9.17, 15) is 13.2 Å². The van der Waals surface area contributed by atoms with Gasteiger partial charge >= 0.3 is 0 Å². The summed E-state index contributed by atoms with van der Waals surface area (Å²) in [7, 11) is -3.62. The summed E-state index contributed by atoms with van der Waals surface area (Å²) < 4.78 is 39.1. The van der Waals surface area contributed by atoms with Crippen LogP contribution >= 0.6 is 0 Å². The van der Waals surface area contributed by atoms with E-state index < -0.39 is 10.0 Å². The number of likely N-dealkylation sites (tertiary alicyclic amines) is 1. The van der Waals surface area contributed by atoms with Gasteiger partial charge in [0.2, 0.25) is 15.9 Å². The van der Waals surface area contributed by atoms with Crippen molar-refractivity contribution in [1.29, 1.82) is 0 Å². The maximum atomic E-state index is 13.2. The van der Waals surface area contributed by atoms with Gasteiger partial charge in [-0.2, -0.15) is 4.31 Å². The summed E-state index contributed by atoms with van der Waals surface area (Å²) in [5, 5.41) is 0. The lowest BCUT2D eigenvalue weighted by Gasteiger charge is -2.26. The Hall–Kier alpha value is -1.84. The number of nitrogens with zero attached hydrogens (tertiary/aromatic N) is 3. The lowest BCUT2D eigenvalue weighted by Crippen LogP contribution is -2.44. The number of carbonyl (C=O) groups excluding carboxylic acids is 1. The Bertz CT molecular complexity index is 917. The average Bonchev–Trinajstić information content (AvgIpc) is 3.54. The fourth-order valence-electron chi connectivity index (χ4n) is 4.65. The number of carbonyl (C=O) groups is 1. The number of amides is 1. The standard InChI is InChI=1S/C21H29N3O5S/c25-21-18(6-9-23(21)15-16-2-3-16)22-7-1-8-24(11-10-22)30(26,27)17-4-5-19-20(14-17)29-13-12-28-19/h4-5,14,16,18H,1-3,6-13,15H2/t18-/m1/s1. The molecule has 1 amide bonds. The summed E-state index contributed by atoms with van der Waals surface area (Å²) in [6.07, 6.45) is 4.05. The second-order valence-electron chi connectivity index (χ2n) is 8.63. The molecule has 3 fully saturated rings. The third kappa shape index (κ3) is 3.90. The minimum atomic E-state index is -3.62. The Balaban J connectivity index is 1.25. The Morgan fingerprint density at radius 1 is 0.933 bits per heavy atom. The first-order chi connectivity index (χ1) is 14.5. The molecule has 30 heavy (non-hydrogen) atoms. The molecule has 3 aliphatic heterocycles. The summed E-state index contributed by atoms with van der Waals surface area (Å²) in [6, 6.07) is 4.71. The normalized spacial score (nSPS) is 26.1. The van der Waals surface area contributed by atoms with Crippen molar-refractivity contribution in [1.82, 2.24) is 14.1 Å². The minimum absolute atomic E-state index is 0.0966. The van der Waals surface area contributed by atoms with Gasteiger partial charge in [0.05, 0.1) is 10.9 Å². The van der Waals surface area contributed by atoms with Gasteiger partial charge in [-0.1, -0.05) is 0 Å². The van der Waals surface area contributed by atoms with Gasteiger partial charge in [0, 0.05) is 45.3 Å². The highest BCUT2D eigenvalue weighted by Gasteiger charge is 2.39. The molecule has 0 radical (unpaired) electrons. The van der Waals surface area contributed by atoms with Gasteiger partial charge in [0.15, 0.2) is 11.5 Å². The smallest absolute Gasteiger partial charge is 0.243 e. The second-order valence-corrected chi connectivity index (χ2v) is 10.6. The molecule has 2 saturated heterocycles. The first kappa shape index (κ1) is 20.1. The molecule has 0 aromatic heterocycles. The van der Waals surface area contributed by atoms with Gasteiger partial charge in [-0.25, -0.2) is 8.42 Å². The van der Waals surface area contributed by atoms with Crippen LogP contribution in [0.3, 0.4) is 0 Å². The Morgan fingerprint density at radius 2 is 1.73 bits per heavy atom. The lowest BCUT2D eigenvalue weighted by atomic mass is 10.2. The molecule has 1 aliphatic carbocycles. The van der Waals surface area contributed by atoms with Gasteiger partial charge < -0.3 is 14.4 Å². The summed E-state index contributed by atoms with van der Waals surface area (Å²) in [5.41, 5.74) is 0. The van der Waals surface area contributed by atoms with E-state index in [4.69, 9.17) is 9.47 Å². The fraction of sp³-hybridized carbons (Fsp3) is 0.667. The number of rotatable bonds is 5. The highest BCUT2D eigenvalue weighted by Crippen LogP contribution is 2.34. The monoisotopic (exact) mass is 435 g/mol. The third-order valence-corrected chi connectivity index (χ3v) is 8.42. The van der Waals surface area contributed by atoms with E-state index in [0.717, 1.165) is 32.5 Å². The van der Waals surface area contributed by atoms with Gasteiger partial charge in [0.1, 0.15) is 13.2 Å². The largest absolute Gasteiger partial charge is 0.486 e. The van der Waals surface area contributed by atoms with Crippen LogP contribution in [0.5, 0.6) is 11.5 Å². The van der Waals surface area contributed by atoms with E-state index in [0.29, 0.717) is 50.3 Å². The van der Waals surface area contributed by atoms with E-state index >= 15 is 0 Å². The quantitative estimate of drug-likeness (QED) is 0.691. The number of benzene rings is 1. The molecule has 0 bridgehead atoms. The Labute approximate surface area is 177 Å². The summed E-state index contributed by atoms with van der Waals surface area (Å²) in [4.78, 5) is 17.3. The lowest BCUT2D eigenvalue weighted by molar-refractivity contribution is -0.132. The molecule has 4 aliphatic rings. The van der Waals surface area contributed by atoms with Crippen LogP contribution in [0.15, 0.2) is 23.1 Å². The second kappa shape index (κ2) is 8.01. The van der Waals surface area contributed by atoms with Gasteiger partial charge in [-0.05, 0) is 43.7 Å². The van der Waals surface area contributed by atoms with Gasteiger partial charge in [-0.15, -0.1) is 0 Å². The number of ether oxygens (including phenoxy) is 2. The maximum absolute atomic E-state index is 13.2. The average molecular weight is 436 g/mol. The van der Waals surface area contributed by atoms with Crippen molar-refractivity contribution in [3.63, 3.8) is 0 Å². The minimum Gasteiger partial charge on any atom is -0.486 e. The summed E-state index contributed by atoms with van der Waals surface area (Å²) in [6.45, 7) is 4.80. The molecular formula is C21H29N3O5S. The number of fused-ring (bicyclic) bond motifs is 1. The number of hydrogen-bond acceptors (Lipinski definition) is 6. The van der Waals surface area contributed by atoms with Crippen molar-refractivity contribution in [3.8, 4) is 11.5 Å². The number of hydrogen-bond donors (Lipinski definition) is 0. The Kier molecular flexibility index (Phi) is 5.37. The molecule has 1 aromatic carbocycles. The molecule has 164 valence electrons. The van der Waals surface area contributed by atoms with Crippen LogP contribution in [-0.4, -0.2) is 87.0 Å². The maximum Gasteiger partial charge on any atom is 0.243 e. The zero-order valence-corrected chi connectivity index (χ0v) is 18.0. The molecule has 0 unspecified atom stereocenters. The fourth-order valence-corrected chi connectivity index (χ4v) is 6.14. The molecule has 0 N–H and O–H groups in total. The highest BCUT2D eigenvalue weighted by atomic mass is 32.2. The first-order valence-electron chi connectivity index (χ1n) is 10.9. The molecule has 0 spiro atoms. The van der Waals surface area contributed by atoms with Crippen LogP contribution < -0.4 is 9.47 Å². The van der Waals surface area contributed by atoms with Crippen molar-refractivity contribution in [2.75, 3.05) is 52.5 Å². The van der Waals surface area contributed by atoms with E-state index in [2.05, 4.69) is 4.90 Å². The molecule has 1 atom stereocenters. The zero-order valence-electron chi connectivity index (χ0n) is 17.2. The molecular weight excluding hydrogens is 406 g/mol. The van der Waals surface area contributed by atoms with Gasteiger partial charge in [0.25, 0.3) is 0 Å². The molecule has 8 nitrogen and oxygen atoms in total. The highest BCUT2D eigenvalue weighted by molar-refractivity contribution is 7.89. The van der Waals surface area contributed by atoms with Crippen LogP contribution in [0.4, 0.5) is 0 Å². The number of sulfonamides is 1. The van der Waals surface area contributed by atoms with Crippen LogP contribution in [0.25, 0.3) is 0 Å². The predicted octanol–water partition coefficient (Wildman–Crippen LogP) is 1.17. The van der Waals surface area contributed by atoms with Crippen LogP contribution in [0.1, 0.15) is 25.7 Å². The summed E-state index contributed by atoms with van der Waals surface area (Å²) >= 11 is 0.